The van der Waals surface area contributed by atoms with Crippen LogP contribution in [0, 0.1) is 11.8 Å². The fraction of sp³-hybridized carbons (Fsp3) is 0.400. The van der Waals surface area contributed by atoms with Crippen LogP contribution in [-0.4, -0.2) is 19.2 Å². The molecule has 146 valence electrons. The molecule has 0 radical (unpaired) electrons. The molecule has 0 bridgehead atoms. The van der Waals surface area contributed by atoms with Crippen LogP contribution in [-0.2, 0) is 15.1 Å². The van der Waals surface area contributed by atoms with Crippen molar-refractivity contribution < 1.29 is 14.3 Å². The number of carbonyl (C=O) groups excluding carboxylic acids is 1. The highest BCUT2D eigenvalue weighted by Crippen LogP contribution is 2.51. The Morgan fingerprint density at radius 3 is 2.21 bits per heavy atom. The summed E-state index contributed by atoms with van der Waals surface area (Å²) in [5.74, 6) is 6.56. The fourth-order valence-electron chi connectivity index (χ4n) is 3.46. The monoisotopic (exact) mass is 376 g/mol. The Morgan fingerprint density at radius 2 is 1.64 bits per heavy atom. The van der Waals surface area contributed by atoms with E-state index in [0.717, 1.165) is 30.6 Å². The lowest BCUT2D eigenvalue weighted by molar-refractivity contribution is 0.0387. The Bertz CT molecular complexity index is 894. The normalized spacial score (nSPS) is 14.3. The number of hydrogen-bond acceptors (Lipinski definition) is 3. The van der Waals surface area contributed by atoms with Gasteiger partial charge in [0, 0.05) is 17.7 Å². The summed E-state index contributed by atoms with van der Waals surface area (Å²) in [6.07, 6.45) is 2.19. The lowest BCUT2D eigenvalue weighted by Gasteiger charge is -2.22. The first kappa shape index (κ1) is 20.2. The SMILES string of the molecule is CCOC(=O)c1ccc(C#Cc2ccc(C3(OCC)CC3)c(C(C)C)c2)cc1. The molecule has 1 aliphatic carbocycles. The highest BCUT2D eigenvalue weighted by molar-refractivity contribution is 5.89. The second-order valence-corrected chi connectivity index (χ2v) is 7.43. The van der Waals surface area contributed by atoms with Crippen LogP contribution < -0.4 is 0 Å². The molecule has 0 heterocycles. The average molecular weight is 376 g/mol. The third-order valence-corrected chi connectivity index (χ3v) is 5.04. The van der Waals surface area contributed by atoms with Crippen LogP contribution in [0.1, 0.15) is 79.1 Å². The molecule has 2 aromatic carbocycles. The Balaban J connectivity index is 1.82. The Kier molecular flexibility index (Phi) is 6.21. The van der Waals surface area contributed by atoms with Crippen LogP contribution >= 0.6 is 0 Å². The largest absolute Gasteiger partial charge is 0.462 e. The van der Waals surface area contributed by atoms with Crippen LogP contribution in [0.4, 0.5) is 0 Å². The average Bonchev–Trinajstić information content (AvgIpc) is 3.47. The summed E-state index contributed by atoms with van der Waals surface area (Å²) < 4.78 is 11.1. The molecule has 1 fully saturated rings. The van der Waals surface area contributed by atoms with Crippen molar-refractivity contribution in [3.05, 3.63) is 70.3 Å². The topological polar surface area (TPSA) is 35.5 Å². The number of ether oxygens (including phenoxy) is 2. The van der Waals surface area contributed by atoms with Gasteiger partial charge in [0.1, 0.15) is 0 Å². The smallest absolute Gasteiger partial charge is 0.338 e. The van der Waals surface area contributed by atoms with Gasteiger partial charge in [-0.15, -0.1) is 0 Å². The van der Waals surface area contributed by atoms with E-state index in [9.17, 15) is 4.79 Å². The van der Waals surface area contributed by atoms with Crippen LogP contribution in [0.3, 0.4) is 0 Å². The van der Waals surface area contributed by atoms with Crippen molar-refractivity contribution in [2.75, 3.05) is 13.2 Å². The van der Waals surface area contributed by atoms with Crippen molar-refractivity contribution >= 4 is 5.97 Å². The summed E-state index contributed by atoms with van der Waals surface area (Å²) in [7, 11) is 0. The van der Waals surface area contributed by atoms with Crippen molar-refractivity contribution in [1.29, 1.82) is 0 Å². The minimum atomic E-state index is -0.303. The highest BCUT2D eigenvalue weighted by atomic mass is 16.5. The van der Waals surface area contributed by atoms with Gasteiger partial charge in [0.05, 0.1) is 17.8 Å². The minimum absolute atomic E-state index is 0.0801. The maximum atomic E-state index is 11.7. The number of carbonyl (C=O) groups is 1. The highest BCUT2D eigenvalue weighted by Gasteiger charge is 2.46. The third kappa shape index (κ3) is 4.46. The zero-order chi connectivity index (χ0) is 20.1. The van der Waals surface area contributed by atoms with Crippen LogP contribution in [0.15, 0.2) is 42.5 Å². The van der Waals surface area contributed by atoms with E-state index in [1.54, 1.807) is 19.1 Å². The van der Waals surface area contributed by atoms with E-state index in [4.69, 9.17) is 9.47 Å². The molecule has 1 saturated carbocycles. The van der Waals surface area contributed by atoms with Gasteiger partial charge in [-0.2, -0.15) is 0 Å². The number of benzene rings is 2. The van der Waals surface area contributed by atoms with Gasteiger partial charge in [-0.1, -0.05) is 31.8 Å². The summed E-state index contributed by atoms with van der Waals surface area (Å²) in [5, 5.41) is 0. The summed E-state index contributed by atoms with van der Waals surface area (Å²) >= 11 is 0. The molecule has 28 heavy (non-hydrogen) atoms. The molecule has 3 rings (SSSR count). The van der Waals surface area contributed by atoms with Gasteiger partial charge in [-0.3, -0.25) is 0 Å². The molecule has 3 nitrogen and oxygen atoms in total. The van der Waals surface area contributed by atoms with Gasteiger partial charge >= 0.3 is 5.97 Å². The maximum Gasteiger partial charge on any atom is 0.338 e. The third-order valence-electron chi connectivity index (χ3n) is 5.04. The quantitative estimate of drug-likeness (QED) is 0.499. The first-order valence-corrected chi connectivity index (χ1v) is 10.1. The van der Waals surface area contributed by atoms with Crippen molar-refractivity contribution in [1.82, 2.24) is 0 Å². The number of hydrogen-bond donors (Lipinski definition) is 0. The van der Waals surface area contributed by atoms with Gasteiger partial charge in [0.25, 0.3) is 0 Å². The van der Waals surface area contributed by atoms with Crippen LogP contribution in [0.2, 0.25) is 0 Å². The summed E-state index contributed by atoms with van der Waals surface area (Å²) in [6.45, 7) is 9.40. The van der Waals surface area contributed by atoms with E-state index in [2.05, 4.69) is 50.8 Å². The molecule has 0 atom stereocenters. The van der Waals surface area contributed by atoms with Crippen molar-refractivity contribution in [2.45, 2.75) is 52.1 Å². The Morgan fingerprint density at radius 1 is 1.00 bits per heavy atom. The second kappa shape index (κ2) is 8.63. The van der Waals surface area contributed by atoms with E-state index < -0.39 is 0 Å². The number of rotatable bonds is 6. The molecular formula is C25H28O3. The van der Waals surface area contributed by atoms with Crippen molar-refractivity contribution in [2.24, 2.45) is 0 Å². The predicted octanol–water partition coefficient (Wildman–Crippen LogP) is 5.41. The molecule has 0 spiro atoms. The summed E-state index contributed by atoms with van der Waals surface area (Å²) in [6, 6.07) is 13.7. The van der Waals surface area contributed by atoms with E-state index in [0.29, 0.717) is 18.1 Å². The standard InChI is InChI=1S/C25H28O3/c1-5-27-24(26)21-12-9-19(10-13-21)7-8-20-11-14-23(22(17-20)18(3)4)25(15-16-25)28-6-2/h9-14,17-18H,5-6,15-16H2,1-4H3. The van der Waals surface area contributed by atoms with Crippen molar-refractivity contribution in [3.8, 4) is 11.8 Å². The molecular weight excluding hydrogens is 348 g/mol. The lowest BCUT2D eigenvalue weighted by atomic mass is 9.91. The maximum absolute atomic E-state index is 11.7. The summed E-state index contributed by atoms with van der Waals surface area (Å²) in [5.41, 5.74) is 4.96. The molecule has 0 amide bonds. The van der Waals surface area contributed by atoms with E-state index >= 15 is 0 Å². The van der Waals surface area contributed by atoms with Gasteiger partial charge in [-0.25, -0.2) is 4.79 Å². The van der Waals surface area contributed by atoms with Gasteiger partial charge in [0.15, 0.2) is 0 Å². The predicted molar refractivity (Wildman–Crippen MR) is 111 cm³/mol. The number of esters is 1. The minimum Gasteiger partial charge on any atom is -0.462 e. The van der Waals surface area contributed by atoms with E-state index in [1.807, 2.05) is 12.1 Å². The molecule has 1 aliphatic rings. The molecule has 0 N–H and O–H groups in total. The molecule has 3 heteroatoms. The molecule has 0 aliphatic heterocycles. The molecule has 0 aromatic heterocycles. The first-order valence-electron chi connectivity index (χ1n) is 10.1. The van der Waals surface area contributed by atoms with Crippen molar-refractivity contribution in [3.63, 3.8) is 0 Å². The Labute approximate surface area is 168 Å². The fourth-order valence-corrected chi connectivity index (χ4v) is 3.46. The Hall–Kier alpha value is -2.57. The van der Waals surface area contributed by atoms with Crippen LogP contribution in [0.25, 0.3) is 0 Å². The molecule has 0 unspecified atom stereocenters. The molecule has 0 saturated heterocycles. The zero-order valence-corrected chi connectivity index (χ0v) is 17.2. The zero-order valence-electron chi connectivity index (χ0n) is 17.2. The van der Waals surface area contributed by atoms with Gasteiger partial charge in [0.2, 0.25) is 0 Å². The van der Waals surface area contributed by atoms with E-state index in [-0.39, 0.29) is 11.6 Å². The van der Waals surface area contributed by atoms with E-state index in [1.165, 1.54) is 11.1 Å². The van der Waals surface area contributed by atoms with Gasteiger partial charge < -0.3 is 9.47 Å². The van der Waals surface area contributed by atoms with Gasteiger partial charge in [-0.05, 0) is 80.1 Å². The molecule has 2 aromatic rings. The summed E-state index contributed by atoms with van der Waals surface area (Å²) in [4.78, 5) is 11.7. The van der Waals surface area contributed by atoms with Crippen LogP contribution in [0.5, 0.6) is 0 Å². The first-order chi connectivity index (χ1) is 13.5. The second-order valence-electron chi connectivity index (χ2n) is 7.43. The lowest BCUT2D eigenvalue weighted by Crippen LogP contribution is -2.15.